The van der Waals surface area contributed by atoms with Crippen molar-refractivity contribution in [3.8, 4) is 17.0 Å². The molecule has 1 fully saturated rings. The summed E-state index contributed by atoms with van der Waals surface area (Å²) < 4.78 is 5.68. The molecular formula is C30H30N4O3S. The van der Waals surface area contributed by atoms with Crippen LogP contribution in [0.3, 0.4) is 0 Å². The van der Waals surface area contributed by atoms with E-state index in [9.17, 15) is 9.59 Å². The van der Waals surface area contributed by atoms with Crippen molar-refractivity contribution in [2.24, 2.45) is 0 Å². The van der Waals surface area contributed by atoms with Crippen LogP contribution in [0.25, 0.3) is 11.3 Å². The SMILES string of the molecule is CCOc1cccc(-c2nc(Nc3cc(C(=O)NC4CC4)ccc3C)sc2C(=O)NCc2ccccc2)c1. The first-order valence-corrected chi connectivity index (χ1v) is 13.6. The van der Waals surface area contributed by atoms with Crippen molar-refractivity contribution in [3.05, 3.63) is 94.4 Å². The van der Waals surface area contributed by atoms with Crippen molar-refractivity contribution in [1.29, 1.82) is 0 Å². The molecule has 194 valence electrons. The molecular weight excluding hydrogens is 496 g/mol. The molecule has 8 heteroatoms. The van der Waals surface area contributed by atoms with E-state index in [1.54, 1.807) is 0 Å². The van der Waals surface area contributed by atoms with Gasteiger partial charge in [-0.2, -0.15) is 0 Å². The quantitative estimate of drug-likeness (QED) is 0.233. The molecule has 1 aliphatic carbocycles. The van der Waals surface area contributed by atoms with E-state index in [4.69, 9.17) is 9.72 Å². The average Bonchev–Trinajstić information content (AvgIpc) is 3.65. The predicted molar refractivity (Wildman–Crippen MR) is 151 cm³/mol. The van der Waals surface area contributed by atoms with Gasteiger partial charge in [-0.15, -0.1) is 0 Å². The number of anilines is 2. The summed E-state index contributed by atoms with van der Waals surface area (Å²) in [5.41, 5.74) is 4.71. The van der Waals surface area contributed by atoms with Crippen molar-refractivity contribution in [3.63, 3.8) is 0 Å². The van der Waals surface area contributed by atoms with E-state index in [2.05, 4.69) is 16.0 Å². The van der Waals surface area contributed by atoms with Gasteiger partial charge in [-0.05, 0) is 62.1 Å². The summed E-state index contributed by atoms with van der Waals surface area (Å²) in [5, 5.41) is 9.97. The summed E-state index contributed by atoms with van der Waals surface area (Å²) in [6.07, 6.45) is 2.06. The first kappa shape index (κ1) is 25.5. The third-order valence-corrected chi connectivity index (χ3v) is 7.17. The minimum atomic E-state index is -0.203. The van der Waals surface area contributed by atoms with Crippen LogP contribution in [0.1, 0.15) is 50.9 Å². The van der Waals surface area contributed by atoms with Gasteiger partial charge in [0.05, 0.1) is 12.3 Å². The highest BCUT2D eigenvalue weighted by Crippen LogP contribution is 2.35. The molecule has 0 spiro atoms. The Balaban J connectivity index is 1.44. The maximum Gasteiger partial charge on any atom is 0.264 e. The van der Waals surface area contributed by atoms with Gasteiger partial charge in [-0.3, -0.25) is 9.59 Å². The zero-order valence-electron chi connectivity index (χ0n) is 21.4. The molecule has 3 aromatic carbocycles. The summed E-state index contributed by atoms with van der Waals surface area (Å²) in [6, 6.07) is 23.2. The molecule has 0 aliphatic heterocycles. The largest absolute Gasteiger partial charge is 0.494 e. The third kappa shape index (κ3) is 6.20. The normalized spacial score (nSPS) is 12.6. The van der Waals surface area contributed by atoms with Gasteiger partial charge in [0.2, 0.25) is 0 Å². The minimum Gasteiger partial charge on any atom is -0.494 e. The van der Waals surface area contributed by atoms with E-state index in [1.807, 2.05) is 86.6 Å². The topological polar surface area (TPSA) is 92.3 Å². The van der Waals surface area contributed by atoms with Crippen LogP contribution in [-0.2, 0) is 6.54 Å². The Bertz CT molecular complexity index is 1450. The van der Waals surface area contributed by atoms with Crippen LogP contribution in [0.5, 0.6) is 5.75 Å². The molecule has 0 radical (unpaired) electrons. The van der Waals surface area contributed by atoms with Gasteiger partial charge in [0.1, 0.15) is 10.6 Å². The second kappa shape index (κ2) is 11.5. The molecule has 0 atom stereocenters. The Kier molecular flexibility index (Phi) is 7.70. The molecule has 0 saturated heterocycles. The second-order valence-electron chi connectivity index (χ2n) is 9.23. The molecule has 0 bridgehead atoms. The summed E-state index contributed by atoms with van der Waals surface area (Å²) in [7, 11) is 0. The number of nitrogens with zero attached hydrogens (tertiary/aromatic N) is 1. The van der Waals surface area contributed by atoms with Gasteiger partial charge in [0.15, 0.2) is 5.13 Å². The van der Waals surface area contributed by atoms with E-state index in [0.717, 1.165) is 35.2 Å². The van der Waals surface area contributed by atoms with Crippen molar-refractivity contribution in [1.82, 2.24) is 15.6 Å². The highest BCUT2D eigenvalue weighted by atomic mass is 32.1. The number of thiazole rings is 1. The fraction of sp³-hybridized carbons (Fsp3) is 0.233. The molecule has 1 saturated carbocycles. The van der Waals surface area contributed by atoms with Crippen LogP contribution in [0.15, 0.2) is 72.8 Å². The zero-order valence-corrected chi connectivity index (χ0v) is 22.2. The summed E-state index contributed by atoms with van der Waals surface area (Å²) in [5.74, 6) is 0.433. The van der Waals surface area contributed by atoms with Crippen LogP contribution in [0, 0.1) is 6.92 Å². The molecule has 3 N–H and O–H groups in total. The Morgan fingerprint density at radius 2 is 1.82 bits per heavy atom. The van der Waals surface area contributed by atoms with Gasteiger partial charge >= 0.3 is 0 Å². The molecule has 1 heterocycles. The maximum atomic E-state index is 13.4. The Hall–Kier alpha value is -4.17. The van der Waals surface area contributed by atoms with Gasteiger partial charge in [0.25, 0.3) is 11.8 Å². The van der Waals surface area contributed by atoms with E-state index < -0.39 is 0 Å². The lowest BCUT2D eigenvalue weighted by atomic mass is 10.1. The Labute approximate surface area is 226 Å². The predicted octanol–water partition coefficient (Wildman–Crippen LogP) is 6.08. The van der Waals surface area contributed by atoms with Crippen molar-refractivity contribution in [2.45, 2.75) is 39.3 Å². The van der Waals surface area contributed by atoms with Crippen LogP contribution < -0.4 is 20.7 Å². The summed E-state index contributed by atoms with van der Waals surface area (Å²) >= 11 is 1.28. The number of hydrogen-bond acceptors (Lipinski definition) is 6. The minimum absolute atomic E-state index is 0.0795. The van der Waals surface area contributed by atoms with E-state index >= 15 is 0 Å². The van der Waals surface area contributed by atoms with Gasteiger partial charge in [-0.25, -0.2) is 4.98 Å². The van der Waals surface area contributed by atoms with Gasteiger partial charge < -0.3 is 20.7 Å². The van der Waals surface area contributed by atoms with Gasteiger partial charge in [0, 0.05) is 29.4 Å². The molecule has 5 rings (SSSR count). The van der Waals surface area contributed by atoms with Gasteiger partial charge in [-0.1, -0.05) is 59.9 Å². The molecule has 0 unspecified atom stereocenters. The number of amides is 2. The first-order chi connectivity index (χ1) is 18.5. The molecule has 1 aliphatic rings. The number of hydrogen-bond donors (Lipinski definition) is 3. The molecule has 4 aromatic rings. The highest BCUT2D eigenvalue weighted by molar-refractivity contribution is 7.18. The number of carbonyl (C=O) groups excluding carboxylic acids is 2. The number of rotatable bonds is 10. The van der Waals surface area contributed by atoms with Crippen molar-refractivity contribution < 1.29 is 14.3 Å². The molecule has 38 heavy (non-hydrogen) atoms. The smallest absolute Gasteiger partial charge is 0.264 e. The lowest BCUT2D eigenvalue weighted by Gasteiger charge is -2.10. The lowest BCUT2D eigenvalue weighted by Crippen LogP contribution is -2.25. The highest BCUT2D eigenvalue weighted by Gasteiger charge is 2.24. The average molecular weight is 527 g/mol. The number of aryl methyl sites for hydroxylation is 1. The van der Waals surface area contributed by atoms with Crippen LogP contribution >= 0.6 is 11.3 Å². The van der Waals surface area contributed by atoms with Crippen molar-refractivity contribution >= 4 is 34.0 Å². The number of nitrogens with one attached hydrogen (secondary N) is 3. The number of ether oxygens (including phenoxy) is 1. The second-order valence-corrected chi connectivity index (χ2v) is 10.2. The van der Waals surface area contributed by atoms with Crippen molar-refractivity contribution in [2.75, 3.05) is 11.9 Å². The van der Waals surface area contributed by atoms with E-state index in [0.29, 0.717) is 40.2 Å². The molecule has 2 amide bonds. The maximum absolute atomic E-state index is 13.4. The van der Waals surface area contributed by atoms with E-state index in [1.165, 1.54) is 11.3 Å². The zero-order chi connectivity index (χ0) is 26.5. The van der Waals surface area contributed by atoms with E-state index in [-0.39, 0.29) is 17.9 Å². The number of carbonyl (C=O) groups is 2. The lowest BCUT2D eigenvalue weighted by molar-refractivity contribution is 0.0944. The first-order valence-electron chi connectivity index (χ1n) is 12.7. The number of aromatic nitrogens is 1. The Morgan fingerprint density at radius 1 is 1.00 bits per heavy atom. The van der Waals surface area contributed by atoms with Crippen LogP contribution in [0.4, 0.5) is 10.8 Å². The molecule has 7 nitrogen and oxygen atoms in total. The van der Waals surface area contributed by atoms with Crippen LogP contribution in [0.2, 0.25) is 0 Å². The molecule has 1 aromatic heterocycles. The monoisotopic (exact) mass is 526 g/mol. The summed E-state index contributed by atoms with van der Waals surface area (Å²) in [4.78, 5) is 31.3. The third-order valence-electron chi connectivity index (χ3n) is 6.20. The fourth-order valence-corrected chi connectivity index (χ4v) is 4.91. The number of benzene rings is 3. The van der Waals surface area contributed by atoms with Crippen LogP contribution in [-0.4, -0.2) is 29.4 Å². The standard InChI is InChI=1S/C30H30N4O3S/c1-3-37-24-11-7-10-21(16-24)26-27(29(36)31-18-20-8-5-4-6-9-20)38-30(34-26)33-25-17-22(13-12-19(25)2)28(35)32-23-14-15-23/h4-13,16-17,23H,3,14-15,18H2,1-2H3,(H,31,36)(H,32,35)(H,33,34). The fourth-order valence-electron chi connectivity index (χ4n) is 3.99. The Morgan fingerprint density at radius 3 is 2.58 bits per heavy atom. The summed E-state index contributed by atoms with van der Waals surface area (Å²) in [6.45, 7) is 4.86.